The number of hydrogen-bond acceptors (Lipinski definition) is 3. The van der Waals surface area contributed by atoms with Gasteiger partial charge in [-0.15, -0.1) is 6.42 Å². The molecule has 0 amide bonds. The van der Waals surface area contributed by atoms with Gasteiger partial charge in [0.25, 0.3) is 0 Å². The lowest BCUT2D eigenvalue weighted by molar-refractivity contribution is 0.107. The first-order valence-electron chi connectivity index (χ1n) is 4.74. The van der Waals surface area contributed by atoms with Crippen molar-refractivity contribution in [3.63, 3.8) is 0 Å². The maximum Gasteiger partial charge on any atom is 0.0677 e. The lowest BCUT2D eigenvalue weighted by Crippen LogP contribution is -2.51. The van der Waals surface area contributed by atoms with Gasteiger partial charge >= 0.3 is 0 Å². The van der Waals surface area contributed by atoms with Gasteiger partial charge in [-0.2, -0.15) is 0 Å². The van der Waals surface area contributed by atoms with E-state index in [9.17, 15) is 0 Å². The summed E-state index contributed by atoms with van der Waals surface area (Å²) in [7, 11) is 4.28. The van der Waals surface area contributed by atoms with Gasteiger partial charge in [0.05, 0.1) is 6.04 Å². The normalized spacial score (nSPS) is 28.3. The van der Waals surface area contributed by atoms with E-state index in [1.54, 1.807) is 0 Å². The molecule has 13 heavy (non-hydrogen) atoms. The van der Waals surface area contributed by atoms with Crippen LogP contribution in [0.3, 0.4) is 0 Å². The Morgan fingerprint density at radius 1 is 1.54 bits per heavy atom. The van der Waals surface area contributed by atoms with Crippen molar-refractivity contribution in [1.82, 2.24) is 9.80 Å². The van der Waals surface area contributed by atoms with Gasteiger partial charge in [0, 0.05) is 25.7 Å². The molecule has 3 heteroatoms. The summed E-state index contributed by atoms with van der Waals surface area (Å²) in [4.78, 5) is 4.67. The molecule has 3 nitrogen and oxygen atoms in total. The monoisotopic (exact) mass is 181 g/mol. The van der Waals surface area contributed by atoms with E-state index < -0.39 is 0 Å². The van der Waals surface area contributed by atoms with E-state index in [1.807, 2.05) is 0 Å². The number of terminal acetylenes is 1. The molecule has 0 spiro atoms. The Morgan fingerprint density at radius 3 is 2.85 bits per heavy atom. The van der Waals surface area contributed by atoms with E-state index in [4.69, 9.17) is 12.2 Å². The molecule has 0 aromatic carbocycles. The molecule has 1 aliphatic rings. The second-order valence-electron chi connectivity index (χ2n) is 3.91. The van der Waals surface area contributed by atoms with Gasteiger partial charge < -0.3 is 15.5 Å². The minimum absolute atomic E-state index is 0.0982. The van der Waals surface area contributed by atoms with Gasteiger partial charge in [0.15, 0.2) is 0 Å². The van der Waals surface area contributed by atoms with Gasteiger partial charge in [-0.1, -0.05) is 5.92 Å². The summed E-state index contributed by atoms with van der Waals surface area (Å²) >= 11 is 0. The highest BCUT2D eigenvalue weighted by Gasteiger charge is 2.23. The third-order valence-electron chi connectivity index (χ3n) is 2.72. The van der Waals surface area contributed by atoms with E-state index in [0.717, 1.165) is 26.1 Å². The molecule has 0 aromatic rings. The molecule has 1 heterocycles. The van der Waals surface area contributed by atoms with Crippen LogP contribution in [0.2, 0.25) is 0 Å². The fraction of sp³-hybridized carbons (Fsp3) is 0.800. The first-order chi connectivity index (χ1) is 6.13. The van der Waals surface area contributed by atoms with Crippen molar-refractivity contribution >= 4 is 0 Å². The Labute approximate surface area is 80.9 Å². The smallest absolute Gasteiger partial charge is 0.0677 e. The van der Waals surface area contributed by atoms with Crippen LogP contribution in [0.25, 0.3) is 0 Å². The molecule has 0 radical (unpaired) electrons. The summed E-state index contributed by atoms with van der Waals surface area (Å²) in [5.74, 6) is 2.58. The number of rotatable bonds is 2. The molecular formula is C10H19N3. The highest BCUT2D eigenvalue weighted by atomic mass is 15.3. The summed E-state index contributed by atoms with van der Waals surface area (Å²) in [6, 6.07) is 0.420. The highest BCUT2D eigenvalue weighted by molar-refractivity contribution is 4.99. The lowest BCUT2D eigenvalue weighted by atomic mass is 10.0. The van der Waals surface area contributed by atoms with Crippen LogP contribution in [0.5, 0.6) is 0 Å². The van der Waals surface area contributed by atoms with Crippen molar-refractivity contribution in [2.24, 2.45) is 5.73 Å². The third-order valence-corrected chi connectivity index (χ3v) is 2.72. The molecular weight excluding hydrogens is 162 g/mol. The summed E-state index contributed by atoms with van der Waals surface area (Å²) in [5.41, 5.74) is 5.73. The van der Waals surface area contributed by atoms with Crippen LogP contribution in [0.1, 0.15) is 6.42 Å². The fourth-order valence-corrected chi connectivity index (χ4v) is 1.72. The van der Waals surface area contributed by atoms with E-state index in [0.29, 0.717) is 6.04 Å². The molecule has 0 saturated carbocycles. The zero-order chi connectivity index (χ0) is 9.84. The maximum atomic E-state index is 5.73. The summed E-state index contributed by atoms with van der Waals surface area (Å²) in [6.45, 7) is 3.32. The van der Waals surface area contributed by atoms with Crippen LogP contribution in [0.15, 0.2) is 0 Å². The van der Waals surface area contributed by atoms with E-state index in [2.05, 4.69) is 29.8 Å². The van der Waals surface area contributed by atoms with Gasteiger partial charge in [-0.25, -0.2) is 0 Å². The Kier molecular flexibility index (Phi) is 3.73. The molecule has 1 rings (SSSR count). The minimum atomic E-state index is -0.0982. The van der Waals surface area contributed by atoms with Crippen LogP contribution in [-0.2, 0) is 0 Å². The first kappa shape index (κ1) is 10.5. The Balaban J connectivity index is 2.42. The predicted octanol–water partition coefficient (Wildman–Crippen LogP) is -0.417. The van der Waals surface area contributed by atoms with Crippen LogP contribution in [0, 0.1) is 12.3 Å². The average Bonchev–Trinajstić information content (AvgIpc) is 2.11. The van der Waals surface area contributed by atoms with Crippen molar-refractivity contribution in [3.05, 3.63) is 0 Å². The maximum absolute atomic E-state index is 5.73. The van der Waals surface area contributed by atoms with Crippen molar-refractivity contribution in [3.8, 4) is 12.3 Å². The van der Waals surface area contributed by atoms with Crippen LogP contribution in [-0.4, -0.2) is 55.6 Å². The molecule has 0 bridgehead atoms. The van der Waals surface area contributed by atoms with Crippen molar-refractivity contribution < 1.29 is 0 Å². The number of likely N-dealkylation sites (N-methyl/N-ethyl adjacent to an activating group) is 2. The molecule has 1 fully saturated rings. The molecule has 0 aromatic heterocycles. The number of hydrogen-bond donors (Lipinski definition) is 1. The summed E-state index contributed by atoms with van der Waals surface area (Å²) in [6.07, 6.45) is 6.16. The largest absolute Gasteiger partial charge is 0.318 e. The SMILES string of the molecule is C#CC(N)CC1CN(C)CCN1C. The van der Waals surface area contributed by atoms with E-state index in [-0.39, 0.29) is 6.04 Å². The van der Waals surface area contributed by atoms with Crippen molar-refractivity contribution in [2.45, 2.75) is 18.5 Å². The number of nitrogens with two attached hydrogens (primary N) is 1. The topological polar surface area (TPSA) is 32.5 Å². The van der Waals surface area contributed by atoms with Gasteiger partial charge in [-0.3, -0.25) is 0 Å². The zero-order valence-corrected chi connectivity index (χ0v) is 8.53. The first-order valence-corrected chi connectivity index (χ1v) is 4.74. The van der Waals surface area contributed by atoms with Gasteiger partial charge in [-0.05, 0) is 20.5 Å². The number of piperazine rings is 1. The quantitative estimate of drug-likeness (QED) is 0.587. The van der Waals surface area contributed by atoms with Gasteiger partial charge in [0.2, 0.25) is 0 Å². The Hall–Kier alpha value is -0.560. The summed E-state index contributed by atoms with van der Waals surface area (Å²) < 4.78 is 0. The van der Waals surface area contributed by atoms with E-state index >= 15 is 0 Å². The molecule has 2 atom stereocenters. The second-order valence-corrected chi connectivity index (χ2v) is 3.91. The number of nitrogens with zero attached hydrogens (tertiary/aromatic N) is 2. The van der Waals surface area contributed by atoms with Gasteiger partial charge in [0.1, 0.15) is 0 Å². The Morgan fingerprint density at radius 2 is 2.23 bits per heavy atom. The van der Waals surface area contributed by atoms with Crippen molar-refractivity contribution in [2.75, 3.05) is 33.7 Å². The molecule has 1 aliphatic heterocycles. The van der Waals surface area contributed by atoms with Crippen LogP contribution in [0.4, 0.5) is 0 Å². The molecule has 0 aliphatic carbocycles. The van der Waals surface area contributed by atoms with Crippen LogP contribution >= 0.6 is 0 Å². The van der Waals surface area contributed by atoms with Crippen LogP contribution < -0.4 is 5.73 Å². The second kappa shape index (κ2) is 4.61. The lowest BCUT2D eigenvalue weighted by Gasteiger charge is -2.38. The van der Waals surface area contributed by atoms with Crippen molar-refractivity contribution in [1.29, 1.82) is 0 Å². The molecule has 2 unspecified atom stereocenters. The molecule has 74 valence electrons. The Bertz CT molecular complexity index is 197. The average molecular weight is 181 g/mol. The zero-order valence-electron chi connectivity index (χ0n) is 8.53. The highest BCUT2D eigenvalue weighted by Crippen LogP contribution is 2.10. The fourth-order valence-electron chi connectivity index (χ4n) is 1.72. The third kappa shape index (κ3) is 3.00. The molecule has 2 N–H and O–H groups in total. The minimum Gasteiger partial charge on any atom is -0.318 e. The standard InChI is InChI=1S/C10H19N3/c1-4-9(11)7-10-8-12(2)5-6-13(10)3/h1,9-10H,5-8,11H2,2-3H3. The van der Waals surface area contributed by atoms with E-state index in [1.165, 1.54) is 0 Å². The molecule has 1 saturated heterocycles. The predicted molar refractivity (Wildman–Crippen MR) is 55.3 cm³/mol. The summed E-state index contributed by atoms with van der Waals surface area (Å²) in [5, 5.41) is 0.